The Hall–Kier alpha value is -3.79. The van der Waals surface area contributed by atoms with Crippen LogP contribution in [0.15, 0.2) is 77.7 Å². The van der Waals surface area contributed by atoms with Crippen LogP contribution in [0.1, 0.15) is 17.3 Å². The zero-order valence-electron chi connectivity index (χ0n) is 17.5. The van der Waals surface area contributed by atoms with Gasteiger partial charge in [0, 0.05) is 0 Å². The number of carbonyl (C=O) groups is 2. The van der Waals surface area contributed by atoms with Gasteiger partial charge >= 0.3 is 5.97 Å². The highest BCUT2D eigenvalue weighted by atomic mass is 32.2. The summed E-state index contributed by atoms with van der Waals surface area (Å²) < 4.78 is 58.9. The zero-order chi connectivity index (χ0) is 24.0. The van der Waals surface area contributed by atoms with Crippen molar-refractivity contribution >= 4 is 33.3 Å². The molecule has 0 atom stereocenters. The Balaban J connectivity index is 1.93. The second-order valence-corrected chi connectivity index (χ2v) is 8.62. The highest BCUT2D eigenvalue weighted by Gasteiger charge is 2.28. The predicted molar refractivity (Wildman–Crippen MR) is 118 cm³/mol. The van der Waals surface area contributed by atoms with E-state index in [0.717, 1.165) is 40.7 Å². The molecule has 0 aromatic heterocycles. The molecule has 0 aliphatic heterocycles. The van der Waals surface area contributed by atoms with E-state index in [0.29, 0.717) is 0 Å². The summed E-state index contributed by atoms with van der Waals surface area (Å²) in [6.45, 7) is 1.08. The number of nitrogens with zero attached hydrogens (tertiary/aromatic N) is 1. The second kappa shape index (κ2) is 10.2. The molecule has 0 heterocycles. The van der Waals surface area contributed by atoms with Crippen molar-refractivity contribution in [3.8, 4) is 0 Å². The smallest absolute Gasteiger partial charge is 0.340 e. The molecule has 10 heteroatoms. The van der Waals surface area contributed by atoms with Crippen LogP contribution in [-0.2, 0) is 19.6 Å². The molecule has 0 spiro atoms. The molecule has 7 nitrogen and oxygen atoms in total. The molecule has 0 saturated carbocycles. The number of rotatable bonds is 8. The van der Waals surface area contributed by atoms with Gasteiger partial charge in [-0.1, -0.05) is 12.1 Å². The molecule has 3 aromatic rings. The quantitative estimate of drug-likeness (QED) is 0.499. The molecule has 0 fully saturated rings. The van der Waals surface area contributed by atoms with Gasteiger partial charge in [0.15, 0.2) is 0 Å². The summed E-state index contributed by atoms with van der Waals surface area (Å²) in [7, 11) is -4.31. The van der Waals surface area contributed by atoms with E-state index in [9.17, 15) is 26.8 Å². The normalized spacial score (nSPS) is 11.0. The number of hydrogen-bond donors (Lipinski definition) is 1. The monoisotopic (exact) mass is 474 g/mol. The first-order chi connectivity index (χ1) is 15.7. The van der Waals surface area contributed by atoms with Gasteiger partial charge in [0.25, 0.3) is 10.0 Å². The van der Waals surface area contributed by atoms with Crippen LogP contribution in [0.3, 0.4) is 0 Å². The summed E-state index contributed by atoms with van der Waals surface area (Å²) in [4.78, 5) is 24.7. The number of sulfonamides is 1. The van der Waals surface area contributed by atoms with Gasteiger partial charge in [-0.25, -0.2) is 22.0 Å². The van der Waals surface area contributed by atoms with Crippen LogP contribution < -0.4 is 9.62 Å². The molecule has 3 rings (SSSR count). The predicted octanol–water partition coefficient (Wildman–Crippen LogP) is 3.98. The third kappa shape index (κ3) is 5.72. The van der Waals surface area contributed by atoms with Gasteiger partial charge in [-0.2, -0.15) is 0 Å². The fourth-order valence-corrected chi connectivity index (χ4v) is 4.38. The molecular weight excluding hydrogens is 454 g/mol. The van der Waals surface area contributed by atoms with Crippen LogP contribution in [-0.4, -0.2) is 33.4 Å². The minimum absolute atomic E-state index is 0.0227. The van der Waals surface area contributed by atoms with Gasteiger partial charge in [-0.05, 0) is 67.6 Å². The van der Waals surface area contributed by atoms with E-state index >= 15 is 0 Å². The number of benzene rings is 3. The maximum absolute atomic E-state index is 13.4. The first-order valence-corrected chi connectivity index (χ1v) is 11.3. The van der Waals surface area contributed by atoms with Crippen LogP contribution >= 0.6 is 0 Å². The Kier molecular flexibility index (Phi) is 7.39. The largest absolute Gasteiger partial charge is 0.462 e. The van der Waals surface area contributed by atoms with Crippen molar-refractivity contribution in [2.75, 3.05) is 22.8 Å². The summed E-state index contributed by atoms with van der Waals surface area (Å²) >= 11 is 0. The van der Waals surface area contributed by atoms with Crippen LogP contribution in [0.2, 0.25) is 0 Å². The third-order valence-electron chi connectivity index (χ3n) is 4.50. The number of ether oxygens (including phenoxy) is 1. The van der Waals surface area contributed by atoms with E-state index in [1.54, 1.807) is 19.1 Å². The van der Waals surface area contributed by atoms with Crippen molar-refractivity contribution in [3.05, 3.63) is 90.0 Å². The lowest BCUT2D eigenvalue weighted by Gasteiger charge is -2.24. The van der Waals surface area contributed by atoms with Crippen molar-refractivity contribution in [1.82, 2.24) is 0 Å². The number of esters is 1. The summed E-state index contributed by atoms with van der Waals surface area (Å²) in [5.41, 5.74) is 0.260. The minimum atomic E-state index is -4.31. The number of halogens is 2. The van der Waals surface area contributed by atoms with Crippen LogP contribution in [0, 0.1) is 11.6 Å². The van der Waals surface area contributed by atoms with Gasteiger partial charge in [0.1, 0.15) is 18.2 Å². The summed E-state index contributed by atoms with van der Waals surface area (Å²) in [5.74, 6) is -2.63. The lowest BCUT2D eigenvalue weighted by molar-refractivity contribution is -0.114. The van der Waals surface area contributed by atoms with Crippen molar-refractivity contribution < 1.29 is 31.5 Å². The van der Waals surface area contributed by atoms with Crippen LogP contribution in [0.5, 0.6) is 0 Å². The average molecular weight is 474 g/mol. The number of para-hydroxylation sites is 1. The standard InChI is InChI=1S/C23H20F2N2O5S/c1-2-32-23(29)20-5-3-4-6-21(20)26-22(28)15-27(18-11-7-16(24)8-12-18)33(30,31)19-13-9-17(25)10-14-19/h3-14H,2,15H2,1H3,(H,26,28). The van der Waals surface area contributed by atoms with Gasteiger partial charge in [-0.15, -0.1) is 0 Å². The number of nitrogens with one attached hydrogen (secondary N) is 1. The van der Waals surface area contributed by atoms with E-state index in [2.05, 4.69) is 5.32 Å². The molecule has 0 aliphatic rings. The minimum Gasteiger partial charge on any atom is -0.462 e. The molecule has 1 amide bonds. The van der Waals surface area contributed by atoms with Crippen molar-refractivity contribution in [3.63, 3.8) is 0 Å². The molecule has 3 aromatic carbocycles. The first kappa shape index (κ1) is 23.9. The molecular formula is C23H20F2N2O5S. The van der Waals surface area contributed by atoms with E-state index in [-0.39, 0.29) is 28.4 Å². The average Bonchev–Trinajstić information content (AvgIpc) is 2.79. The van der Waals surface area contributed by atoms with Crippen molar-refractivity contribution in [1.29, 1.82) is 0 Å². The Morgan fingerprint density at radius 1 is 0.909 bits per heavy atom. The summed E-state index contributed by atoms with van der Waals surface area (Å²) in [5, 5.41) is 2.51. The van der Waals surface area contributed by atoms with Gasteiger partial charge in [0.05, 0.1) is 28.4 Å². The van der Waals surface area contributed by atoms with E-state index < -0.39 is 40.1 Å². The highest BCUT2D eigenvalue weighted by Crippen LogP contribution is 2.25. The fraction of sp³-hybridized carbons (Fsp3) is 0.130. The van der Waals surface area contributed by atoms with Gasteiger partial charge in [-0.3, -0.25) is 9.10 Å². The molecule has 172 valence electrons. The lowest BCUT2D eigenvalue weighted by atomic mass is 10.2. The molecule has 0 unspecified atom stereocenters. The fourth-order valence-electron chi connectivity index (χ4n) is 2.96. The lowest BCUT2D eigenvalue weighted by Crippen LogP contribution is -2.38. The summed E-state index contributed by atoms with van der Waals surface area (Å²) in [6, 6.07) is 14.7. The summed E-state index contributed by atoms with van der Waals surface area (Å²) in [6.07, 6.45) is 0. The number of hydrogen-bond acceptors (Lipinski definition) is 5. The Morgan fingerprint density at radius 3 is 2.09 bits per heavy atom. The number of amides is 1. The molecule has 0 bridgehead atoms. The molecule has 0 saturated heterocycles. The SMILES string of the molecule is CCOC(=O)c1ccccc1NC(=O)CN(c1ccc(F)cc1)S(=O)(=O)c1ccc(F)cc1. The van der Waals surface area contributed by atoms with Crippen LogP contribution in [0.25, 0.3) is 0 Å². The van der Waals surface area contributed by atoms with Gasteiger partial charge < -0.3 is 10.1 Å². The molecule has 1 N–H and O–H groups in total. The van der Waals surface area contributed by atoms with Crippen molar-refractivity contribution in [2.24, 2.45) is 0 Å². The molecule has 0 aliphatic carbocycles. The molecule has 0 radical (unpaired) electrons. The van der Waals surface area contributed by atoms with E-state index in [1.807, 2.05) is 0 Å². The Bertz CT molecular complexity index is 1250. The maximum atomic E-state index is 13.4. The topological polar surface area (TPSA) is 92.8 Å². The second-order valence-electron chi connectivity index (χ2n) is 6.76. The molecule has 33 heavy (non-hydrogen) atoms. The number of carbonyl (C=O) groups excluding carboxylic acids is 2. The van der Waals surface area contributed by atoms with Crippen LogP contribution in [0.4, 0.5) is 20.2 Å². The Labute approximate surface area is 189 Å². The van der Waals surface area contributed by atoms with Crippen molar-refractivity contribution in [2.45, 2.75) is 11.8 Å². The highest BCUT2D eigenvalue weighted by molar-refractivity contribution is 7.92. The van der Waals surface area contributed by atoms with E-state index in [4.69, 9.17) is 4.74 Å². The third-order valence-corrected chi connectivity index (χ3v) is 6.29. The van der Waals surface area contributed by atoms with E-state index in [1.165, 1.54) is 24.3 Å². The maximum Gasteiger partial charge on any atom is 0.340 e. The Morgan fingerprint density at radius 2 is 1.48 bits per heavy atom. The van der Waals surface area contributed by atoms with Gasteiger partial charge in [0.2, 0.25) is 5.91 Å². The number of anilines is 2. The zero-order valence-corrected chi connectivity index (χ0v) is 18.3. The first-order valence-electron chi connectivity index (χ1n) is 9.82.